The van der Waals surface area contributed by atoms with Crippen LogP contribution in [0, 0.1) is 0 Å². The highest BCUT2D eigenvalue weighted by Gasteiger charge is 2.14. The van der Waals surface area contributed by atoms with Crippen LogP contribution in [0.2, 0.25) is 0 Å². The van der Waals surface area contributed by atoms with Crippen molar-refractivity contribution in [2.75, 3.05) is 18.0 Å². The van der Waals surface area contributed by atoms with E-state index in [4.69, 9.17) is 10.7 Å². The molecular weight excluding hydrogens is 260 g/mol. The van der Waals surface area contributed by atoms with E-state index in [0.717, 1.165) is 30.1 Å². The molecule has 108 valence electrons. The van der Waals surface area contributed by atoms with Crippen molar-refractivity contribution in [2.24, 2.45) is 12.8 Å². The first kappa shape index (κ1) is 13.6. The van der Waals surface area contributed by atoms with E-state index in [2.05, 4.69) is 46.8 Å². The Morgan fingerprint density at radius 2 is 1.76 bits per heavy atom. The highest BCUT2D eigenvalue weighted by Crippen LogP contribution is 2.22. The fourth-order valence-corrected chi connectivity index (χ4v) is 2.63. The zero-order valence-corrected chi connectivity index (χ0v) is 12.2. The zero-order chi connectivity index (χ0) is 14.7. The predicted octanol–water partition coefficient (Wildman–Crippen LogP) is 2.54. The first-order valence-electron chi connectivity index (χ1n) is 7.20. The van der Waals surface area contributed by atoms with Crippen LogP contribution < -0.4 is 10.6 Å². The second kappa shape index (κ2) is 5.97. The average Bonchev–Trinajstić information content (AvgIpc) is 2.85. The smallest absolute Gasteiger partial charge is 0.206 e. The third kappa shape index (κ3) is 2.76. The van der Waals surface area contributed by atoms with Gasteiger partial charge in [0.1, 0.15) is 0 Å². The van der Waals surface area contributed by atoms with Crippen molar-refractivity contribution in [2.45, 2.75) is 6.54 Å². The number of hydrogen-bond acceptors (Lipinski definition) is 3. The van der Waals surface area contributed by atoms with Gasteiger partial charge in [-0.15, -0.1) is 0 Å². The zero-order valence-electron chi connectivity index (χ0n) is 12.2. The van der Waals surface area contributed by atoms with Crippen LogP contribution in [0.1, 0.15) is 5.56 Å². The highest BCUT2D eigenvalue weighted by atomic mass is 15.3. The van der Waals surface area contributed by atoms with Crippen LogP contribution >= 0.6 is 0 Å². The average molecular weight is 280 g/mol. The van der Waals surface area contributed by atoms with E-state index in [1.807, 2.05) is 24.3 Å². The molecule has 0 aliphatic rings. The molecule has 0 radical (unpaired) electrons. The molecule has 1 heterocycles. The van der Waals surface area contributed by atoms with E-state index < -0.39 is 0 Å². The van der Waals surface area contributed by atoms with E-state index in [9.17, 15) is 0 Å². The van der Waals surface area contributed by atoms with Crippen LogP contribution in [0.4, 0.5) is 5.95 Å². The molecule has 21 heavy (non-hydrogen) atoms. The molecule has 2 N–H and O–H groups in total. The summed E-state index contributed by atoms with van der Waals surface area (Å²) in [5.74, 6) is 0.963. The summed E-state index contributed by atoms with van der Waals surface area (Å²) in [5.41, 5.74) is 9.21. The summed E-state index contributed by atoms with van der Waals surface area (Å²) in [4.78, 5) is 6.99. The summed E-state index contributed by atoms with van der Waals surface area (Å²) in [6, 6.07) is 18.6. The minimum atomic E-state index is 0.607. The Morgan fingerprint density at radius 1 is 1.05 bits per heavy atom. The maximum absolute atomic E-state index is 5.79. The molecule has 0 aliphatic carbocycles. The summed E-state index contributed by atoms with van der Waals surface area (Å²) in [6.45, 7) is 2.21. The maximum Gasteiger partial charge on any atom is 0.206 e. The molecule has 4 nitrogen and oxygen atoms in total. The summed E-state index contributed by atoms with van der Waals surface area (Å²) >= 11 is 0. The van der Waals surface area contributed by atoms with Crippen molar-refractivity contribution in [3.05, 3.63) is 60.2 Å². The molecule has 2 aromatic carbocycles. The molecule has 3 rings (SSSR count). The van der Waals surface area contributed by atoms with Crippen LogP contribution in [0.5, 0.6) is 0 Å². The van der Waals surface area contributed by atoms with Gasteiger partial charge in [0, 0.05) is 26.7 Å². The van der Waals surface area contributed by atoms with Crippen molar-refractivity contribution >= 4 is 17.0 Å². The molecule has 0 aliphatic heterocycles. The van der Waals surface area contributed by atoms with Gasteiger partial charge in [-0.25, -0.2) is 4.98 Å². The van der Waals surface area contributed by atoms with Crippen LogP contribution in [0.15, 0.2) is 54.6 Å². The van der Waals surface area contributed by atoms with Crippen molar-refractivity contribution in [1.29, 1.82) is 0 Å². The lowest BCUT2D eigenvalue weighted by molar-refractivity contribution is 0.736. The Labute approximate surface area is 124 Å². The predicted molar refractivity (Wildman–Crippen MR) is 87.3 cm³/mol. The number of aryl methyl sites for hydroxylation is 1. The number of hydrogen-bond donors (Lipinski definition) is 1. The minimum absolute atomic E-state index is 0.607. The second-order valence-corrected chi connectivity index (χ2v) is 5.16. The third-order valence-corrected chi connectivity index (χ3v) is 3.66. The van der Waals surface area contributed by atoms with Gasteiger partial charge in [0.25, 0.3) is 0 Å². The van der Waals surface area contributed by atoms with Crippen molar-refractivity contribution < 1.29 is 0 Å². The number of fused-ring (bicyclic) bond motifs is 1. The fraction of sp³-hybridized carbons (Fsp3) is 0.235. The monoisotopic (exact) mass is 280 g/mol. The largest absolute Gasteiger partial charge is 0.337 e. The number of imidazole rings is 1. The quantitative estimate of drug-likeness (QED) is 0.781. The Morgan fingerprint density at radius 3 is 2.48 bits per heavy atom. The number of anilines is 1. The van der Waals surface area contributed by atoms with Crippen LogP contribution in [0.25, 0.3) is 11.0 Å². The Balaban J connectivity index is 1.97. The Kier molecular flexibility index (Phi) is 3.88. The van der Waals surface area contributed by atoms with Gasteiger partial charge >= 0.3 is 0 Å². The lowest BCUT2D eigenvalue weighted by Gasteiger charge is -2.23. The molecule has 0 saturated carbocycles. The molecule has 1 aromatic heterocycles. The summed E-state index contributed by atoms with van der Waals surface area (Å²) in [6.07, 6.45) is 0. The molecule has 0 unspecified atom stereocenters. The van der Waals surface area contributed by atoms with Gasteiger partial charge in [-0.3, -0.25) is 0 Å². The number of para-hydroxylation sites is 2. The SMILES string of the molecule is Cn1c(N(CCN)Cc2ccccc2)nc2ccccc21. The van der Waals surface area contributed by atoms with Gasteiger partial charge < -0.3 is 15.2 Å². The first-order chi connectivity index (χ1) is 10.3. The van der Waals surface area contributed by atoms with Gasteiger partial charge in [-0.1, -0.05) is 42.5 Å². The van der Waals surface area contributed by atoms with E-state index in [1.54, 1.807) is 0 Å². The number of aromatic nitrogens is 2. The van der Waals surface area contributed by atoms with Crippen LogP contribution in [-0.2, 0) is 13.6 Å². The summed E-state index contributed by atoms with van der Waals surface area (Å²) in [7, 11) is 2.05. The minimum Gasteiger partial charge on any atom is -0.337 e. The number of nitrogens with two attached hydrogens (primary N) is 1. The molecule has 4 heteroatoms. The lowest BCUT2D eigenvalue weighted by atomic mass is 10.2. The number of nitrogens with zero attached hydrogens (tertiary/aromatic N) is 3. The van der Waals surface area contributed by atoms with E-state index in [0.29, 0.717) is 6.54 Å². The van der Waals surface area contributed by atoms with Gasteiger partial charge in [0.15, 0.2) is 0 Å². The molecular formula is C17H20N4. The first-order valence-corrected chi connectivity index (χ1v) is 7.20. The fourth-order valence-electron chi connectivity index (χ4n) is 2.63. The standard InChI is InChI=1S/C17H20N4/c1-20-16-10-6-5-9-15(16)19-17(20)21(12-11-18)13-14-7-3-2-4-8-14/h2-10H,11-13,18H2,1H3. The molecule has 0 atom stereocenters. The van der Waals surface area contributed by atoms with Crippen molar-refractivity contribution in [3.8, 4) is 0 Å². The van der Waals surface area contributed by atoms with Gasteiger partial charge in [0.05, 0.1) is 11.0 Å². The maximum atomic E-state index is 5.79. The Hall–Kier alpha value is -2.33. The normalized spacial score (nSPS) is 11.0. The number of benzene rings is 2. The molecule has 0 bridgehead atoms. The Bertz CT molecular complexity index is 718. The van der Waals surface area contributed by atoms with Crippen molar-refractivity contribution in [1.82, 2.24) is 9.55 Å². The molecule has 0 fully saturated rings. The van der Waals surface area contributed by atoms with Gasteiger partial charge in [0.2, 0.25) is 5.95 Å². The number of rotatable bonds is 5. The molecule has 0 spiro atoms. The molecule has 0 saturated heterocycles. The van der Waals surface area contributed by atoms with Crippen LogP contribution in [0.3, 0.4) is 0 Å². The molecule has 0 amide bonds. The molecule has 3 aromatic rings. The third-order valence-electron chi connectivity index (χ3n) is 3.66. The summed E-state index contributed by atoms with van der Waals surface area (Å²) < 4.78 is 2.13. The van der Waals surface area contributed by atoms with E-state index in [-0.39, 0.29) is 0 Å². The van der Waals surface area contributed by atoms with Crippen LogP contribution in [-0.4, -0.2) is 22.6 Å². The topological polar surface area (TPSA) is 47.1 Å². The highest BCUT2D eigenvalue weighted by molar-refractivity contribution is 5.78. The lowest BCUT2D eigenvalue weighted by Crippen LogP contribution is -2.31. The van der Waals surface area contributed by atoms with Crippen molar-refractivity contribution in [3.63, 3.8) is 0 Å². The second-order valence-electron chi connectivity index (χ2n) is 5.16. The van der Waals surface area contributed by atoms with E-state index >= 15 is 0 Å². The van der Waals surface area contributed by atoms with Gasteiger partial charge in [-0.05, 0) is 17.7 Å². The van der Waals surface area contributed by atoms with Gasteiger partial charge in [-0.2, -0.15) is 0 Å². The van der Waals surface area contributed by atoms with E-state index in [1.165, 1.54) is 5.56 Å². The summed E-state index contributed by atoms with van der Waals surface area (Å²) in [5, 5.41) is 0.